The minimum atomic E-state index is -0.578. The zero-order valence-corrected chi connectivity index (χ0v) is 17.4. The summed E-state index contributed by atoms with van der Waals surface area (Å²) in [5.74, 6) is 0.453. The van der Waals surface area contributed by atoms with E-state index >= 15 is 0 Å². The Morgan fingerprint density at radius 3 is 2.56 bits per heavy atom. The van der Waals surface area contributed by atoms with E-state index in [-0.39, 0.29) is 17.1 Å². The van der Waals surface area contributed by atoms with Crippen molar-refractivity contribution < 1.29 is 13.9 Å². The van der Waals surface area contributed by atoms with Crippen molar-refractivity contribution in [3.05, 3.63) is 124 Å². The first-order chi connectivity index (χ1) is 15.7. The highest BCUT2D eigenvalue weighted by molar-refractivity contribution is 5.99. The van der Waals surface area contributed by atoms with Crippen molar-refractivity contribution in [1.29, 1.82) is 0 Å². The summed E-state index contributed by atoms with van der Waals surface area (Å²) in [6.45, 7) is 4.40. The predicted molar refractivity (Wildman–Crippen MR) is 123 cm³/mol. The summed E-state index contributed by atoms with van der Waals surface area (Å²) < 4.78 is 11.7. The number of benzene rings is 3. The minimum Gasteiger partial charge on any atom is -0.490 e. The highest BCUT2D eigenvalue weighted by atomic mass is 16.5. The third-order valence-corrected chi connectivity index (χ3v) is 5.61. The van der Waals surface area contributed by atoms with Crippen LogP contribution in [0, 0.1) is 0 Å². The van der Waals surface area contributed by atoms with Crippen LogP contribution in [-0.2, 0) is 6.54 Å². The largest absolute Gasteiger partial charge is 0.490 e. The first-order valence-electron chi connectivity index (χ1n) is 10.4. The number of para-hydroxylation sites is 1. The summed E-state index contributed by atoms with van der Waals surface area (Å²) in [4.78, 5) is 28.7. The lowest BCUT2D eigenvalue weighted by molar-refractivity contribution is 0.0714. The average Bonchev–Trinajstić information content (AvgIpc) is 3.10. The number of carbonyl (C=O) groups excluding carboxylic acids is 1. The number of nitrogens with zero attached hydrogens (tertiary/aromatic N) is 1. The fourth-order valence-electron chi connectivity index (χ4n) is 4.19. The van der Waals surface area contributed by atoms with E-state index in [2.05, 4.69) is 6.58 Å². The van der Waals surface area contributed by atoms with E-state index in [4.69, 9.17) is 9.15 Å². The molecular formula is C27H21NO4. The molecule has 5 rings (SSSR count). The van der Waals surface area contributed by atoms with Gasteiger partial charge in [-0.1, -0.05) is 67.3 Å². The van der Waals surface area contributed by atoms with E-state index in [1.54, 1.807) is 35.2 Å². The van der Waals surface area contributed by atoms with Crippen LogP contribution < -0.4 is 10.2 Å². The summed E-state index contributed by atoms with van der Waals surface area (Å²) in [5, 5.41) is 0.463. The van der Waals surface area contributed by atoms with Crippen LogP contribution in [0.3, 0.4) is 0 Å². The molecule has 0 N–H and O–H groups in total. The van der Waals surface area contributed by atoms with Crippen LogP contribution in [0.15, 0.2) is 101 Å². The van der Waals surface area contributed by atoms with Crippen molar-refractivity contribution in [3.8, 4) is 5.75 Å². The Bertz CT molecular complexity index is 1370. The average molecular weight is 423 g/mol. The number of ether oxygens (including phenoxy) is 1. The van der Waals surface area contributed by atoms with Gasteiger partial charge in [-0.2, -0.15) is 0 Å². The summed E-state index contributed by atoms with van der Waals surface area (Å²) >= 11 is 0. The second-order valence-corrected chi connectivity index (χ2v) is 7.66. The standard InChI is InChI=1S/C27H21NO4/c1-2-15-31-20-12-8-11-19(16-20)24-23-25(29)21-13-6-7-14-22(21)32-26(23)27(30)28(24)17-18-9-4-3-5-10-18/h2-14,16,24H,1,15,17H2. The van der Waals surface area contributed by atoms with Crippen LogP contribution in [0.4, 0.5) is 0 Å². The molecule has 2 heterocycles. The van der Waals surface area contributed by atoms with Crippen LogP contribution in [-0.4, -0.2) is 17.4 Å². The Labute approximate surface area is 185 Å². The zero-order valence-electron chi connectivity index (χ0n) is 17.4. The Morgan fingerprint density at radius 2 is 1.75 bits per heavy atom. The zero-order chi connectivity index (χ0) is 22.1. The molecule has 1 amide bonds. The first kappa shape index (κ1) is 19.8. The molecule has 5 nitrogen and oxygen atoms in total. The quantitative estimate of drug-likeness (QED) is 0.405. The van der Waals surface area contributed by atoms with Crippen LogP contribution in [0.1, 0.15) is 33.3 Å². The van der Waals surface area contributed by atoms with E-state index in [9.17, 15) is 9.59 Å². The van der Waals surface area contributed by atoms with Crippen LogP contribution >= 0.6 is 0 Å². The van der Waals surface area contributed by atoms with Crippen LogP contribution in [0.25, 0.3) is 11.0 Å². The summed E-state index contributed by atoms with van der Waals surface area (Å²) in [5.41, 5.74) is 2.35. The van der Waals surface area contributed by atoms with Gasteiger partial charge in [0.2, 0.25) is 5.76 Å². The maximum Gasteiger partial charge on any atom is 0.291 e. The van der Waals surface area contributed by atoms with E-state index in [0.29, 0.717) is 35.4 Å². The Hall–Kier alpha value is -4.12. The molecule has 0 aliphatic carbocycles. The second-order valence-electron chi connectivity index (χ2n) is 7.66. The SMILES string of the molecule is C=CCOc1cccc(C2c3c(oc4ccccc4c3=O)C(=O)N2Cc2ccccc2)c1. The second kappa shape index (κ2) is 8.19. The minimum absolute atomic E-state index is 0.104. The van der Waals surface area contributed by atoms with Crippen molar-refractivity contribution >= 4 is 16.9 Å². The van der Waals surface area contributed by atoms with E-state index < -0.39 is 6.04 Å². The molecule has 5 heteroatoms. The van der Waals surface area contributed by atoms with Gasteiger partial charge in [0.15, 0.2) is 5.43 Å². The smallest absolute Gasteiger partial charge is 0.291 e. The molecule has 32 heavy (non-hydrogen) atoms. The molecule has 0 fully saturated rings. The molecule has 1 unspecified atom stereocenters. The van der Waals surface area contributed by atoms with Gasteiger partial charge in [-0.3, -0.25) is 9.59 Å². The van der Waals surface area contributed by atoms with Crippen molar-refractivity contribution in [2.75, 3.05) is 6.61 Å². The van der Waals surface area contributed by atoms with Gasteiger partial charge in [0.25, 0.3) is 5.91 Å². The van der Waals surface area contributed by atoms with Crippen molar-refractivity contribution in [3.63, 3.8) is 0 Å². The highest BCUT2D eigenvalue weighted by Crippen LogP contribution is 2.39. The molecule has 1 atom stereocenters. The van der Waals surface area contributed by atoms with Gasteiger partial charge < -0.3 is 14.1 Å². The molecule has 0 spiro atoms. The molecule has 0 radical (unpaired) electrons. The lowest BCUT2D eigenvalue weighted by Gasteiger charge is -2.25. The van der Waals surface area contributed by atoms with Crippen molar-refractivity contribution in [1.82, 2.24) is 4.90 Å². The maximum absolute atomic E-state index is 13.5. The molecule has 3 aromatic carbocycles. The number of hydrogen-bond acceptors (Lipinski definition) is 4. The van der Waals surface area contributed by atoms with E-state index in [0.717, 1.165) is 11.1 Å². The Kier molecular flexibility index (Phi) is 5.07. The molecule has 0 saturated heterocycles. The number of rotatable bonds is 6. The van der Waals surface area contributed by atoms with E-state index in [1.165, 1.54) is 0 Å². The highest BCUT2D eigenvalue weighted by Gasteiger charge is 2.42. The molecule has 0 bridgehead atoms. The molecule has 1 aliphatic heterocycles. The van der Waals surface area contributed by atoms with E-state index in [1.807, 2.05) is 54.6 Å². The third-order valence-electron chi connectivity index (χ3n) is 5.61. The monoisotopic (exact) mass is 423 g/mol. The first-order valence-corrected chi connectivity index (χ1v) is 10.4. The lowest BCUT2D eigenvalue weighted by Crippen LogP contribution is -2.29. The molecule has 0 saturated carbocycles. The lowest BCUT2D eigenvalue weighted by atomic mass is 9.98. The Morgan fingerprint density at radius 1 is 0.969 bits per heavy atom. The van der Waals surface area contributed by atoms with Gasteiger partial charge >= 0.3 is 0 Å². The number of fused-ring (bicyclic) bond motifs is 2. The van der Waals surface area contributed by atoms with Gasteiger partial charge in [0, 0.05) is 6.54 Å². The molecule has 1 aliphatic rings. The van der Waals surface area contributed by atoms with Crippen molar-refractivity contribution in [2.45, 2.75) is 12.6 Å². The van der Waals surface area contributed by atoms with Gasteiger partial charge in [-0.15, -0.1) is 0 Å². The molecule has 4 aromatic rings. The van der Waals surface area contributed by atoms with Gasteiger partial charge in [-0.05, 0) is 35.4 Å². The van der Waals surface area contributed by atoms with Crippen molar-refractivity contribution in [2.24, 2.45) is 0 Å². The fourth-order valence-corrected chi connectivity index (χ4v) is 4.19. The number of carbonyl (C=O) groups is 1. The van der Waals surface area contributed by atoms with Gasteiger partial charge in [-0.25, -0.2) is 0 Å². The summed E-state index contributed by atoms with van der Waals surface area (Å²) in [6, 6.07) is 23.6. The molecule has 158 valence electrons. The van der Waals surface area contributed by atoms with Gasteiger partial charge in [0.05, 0.1) is 17.0 Å². The normalized spacial score (nSPS) is 15.1. The predicted octanol–water partition coefficient (Wildman–Crippen LogP) is 5.10. The Balaban J connectivity index is 1.69. The number of amides is 1. The van der Waals surface area contributed by atoms with Gasteiger partial charge in [0.1, 0.15) is 17.9 Å². The number of hydrogen-bond donors (Lipinski definition) is 0. The maximum atomic E-state index is 13.5. The third kappa shape index (κ3) is 3.38. The molecule has 1 aromatic heterocycles. The summed E-state index contributed by atoms with van der Waals surface area (Å²) in [6.07, 6.45) is 1.67. The summed E-state index contributed by atoms with van der Waals surface area (Å²) in [7, 11) is 0. The fraction of sp³-hybridized carbons (Fsp3) is 0.111. The van der Waals surface area contributed by atoms with Crippen LogP contribution in [0.2, 0.25) is 0 Å². The molecular weight excluding hydrogens is 402 g/mol. The van der Waals surface area contributed by atoms with Crippen LogP contribution in [0.5, 0.6) is 5.75 Å². The topological polar surface area (TPSA) is 59.8 Å².